The zero-order chi connectivity index (χ0) is 18.4. The Bertz CT molecular complexity index is 992. The fourth-order valence-corrected chi connectivity index (χ4v) is 3.43. The Morgan fingerprint density at radius 1 is 1.38 bits per heavy atom. The molecule has 1 aliphatic rings. The van der Waals surface area contributed by atoms with Crippen LogP contribution in [0.5, 0.6) is 0 Å². The van der Waals surface area contributed by atoms with Crippen molar-refractivity contribution < 1.29 is 13.7 Å². The Morgan fingerprint density at radius 3 is 2.88 bits per heavy atom. The summed E-state index contributed by atoms with van der Waals surface area (Å²) in [6, 6.07) is 4.20. The summed E-state index contributed by atoms with van der Waals surface area (Å²) in [6.07, 6.45) is 0.587. The highest BCUT2D eigenvalue weighted by Gasteiger charge is 2.31. The van der Waals surface area contributed by atoms with E-state index in [0.717, 1.165) is 11.3 Å². The topological polar surface area (TPSA) is 77.0 Å². The van der Waals surface area contributed by atoms with Crippen LogP contribution < -0.4 is 0 Å². The summed E-state index contributed by atoms with van der Waals surface area (Å²) in [4.78, 5) is 18.6. The predicted octanol–water partition coefficient (Wildman–Crippen LogP) is 2.77. The molecule has 9 heteroatoms. The van der Waals surface area contributed by atoms with E-state index in [9.17, 15) is 9.18 Å². The summed E-state index contributed by atoms with van der Waals surface area (Å²) in [5, 5.41) is 8.35. The molecule has 26 heavy (non-hydrogen) atoms. The van der Waals surface area contributed by atoms with Crippen molar-refractivity contribution in [3.63, 3.8) is 0 Å². The van der Waals surface area contributed by atoms with Crippen molar-refractivity contribution in [3.8, 4) is 11.6 Å². The molecular formula is C17H15ClFN5O2. The molecule has 0 spiro atoms. The molecule has 0 radical (unpaired) electrons. The molecule has 1 amide bonds. The van der Waals surface area contributed by atoms with Crippen LogP contribution in [0.1, 0.15) is 27.4 Å². The van der Waals surface area contributed by atoms with Gasteiger partial charge in [0.2, 0.25) is 0 Å². The molecule has 0 atom stereocenters. The Labute approximate surface area is 153 Å². The second kappa shape index (κ2) is 6.21. The number of hydrogen-bond acceptors (Lipinski definition) is 5. The van der Waals surface area contributed by atoms with Crippen LogP contribution in [0, 0.1) is 12.7 Å². The van der Waals surface area contributed by atoms with Crippen molar-refractivity contribution in [1.29, 1.82) is 0 Å². The number of halogens is 2. The van der Waals surface area contributed by atoms with Gasteiger partial charge in [-0.1, -0.05) is 22.8 Å². The van der Waals surface area contributed by atoms with Crippen molar-refractivity contribution in [3.05, 3.63) is 51.7 Å². The number of rotatable bonds is 2. The second-order valence-electron chi connectivity index (χ2n) is 6.12. The van der Waals surface area contributed by atoms with Crippen LogP contribution in [0.2, 0.25) is 5.02 Å². The first-order valence-corrected chi connectivity index (χ1v) is 8.42. The summed E-state index contributed by atoms with van der Waals surface area (Å²) in [5.74, 6) is -0.277. The Kier molecular flexibility index (Phi) is 3.99. The van der Waals surface area contributed by atoms with Gasteiger partial charge < -0.3 is 9.42 Å². The molecule has 0 saturated carbocycles. The number of carbonyl (C=O) groups is 1. The molecule has 2 aromatic heterocycles. The number of benzene rings is 1. The minimum Gasteiger partial charge on any atom is -0.334 e. The maximum Gasteiger partial charge on any atom is 0.278 e. The van der Waals surface area contributed by atoms with Crippen molar-refractivity contribution in [2.24, 2.45) is 7.05 Å². The van der Waals surface area contributed by atoms with Gasteiger partial charge in [0.05, 0.1) is 17.1 Å². The summed E-state index contributed by atoms with van der Waals surface area (Å²) in [7, 11) is 1.83. The van der Waals surface area contributed by atoms with E-state index in [1.165, 1.54) is 18.2 Å². The first-order chi connectivity index (χ1) is 12.5. The number of aryl methyl sites for hydroxylation is 2. The van der Waals surface area contributed by atoms with E-state index in [0.29, 0.717) is 30.4 Å². The molecule has 1 aromatic carbocycles. The molecule has 0 saturated heterocycles. The Balaban J connectivity index is 1.71. The fraction of sp³-hybridized carbons (Fsp3) is 0.294. The Hall–Kier alpha value is -2.74. The first-order valence-electron chi connectivity index (χ1n) is 8.04. The third-order valence-corrected chi connectivity index (χ3v) is 4.75. The summed E-state index contributed by atoms with van der Waals surface area (Å²) in [6.45, 7) is 2.43. The Morgan fingerprint density at radius 2 is 2.19 bits per heavy atom. The van der Waals surface area contributed by atoms with Crippen LogP contribution in [0.3, 0.4) is 0 Å². The van der Waals surface area contributed by atoms with Crippen LogP contribution in [0.4, 0.5) is 4.39 Å². The molecule has 0 fully saturated rings. The number of fused-ring (bicyclic) bond motifs is 1. The lowest BCUT2D eigenvalue weighted by atomic mass is 10.0. The lowest BCUT2D eigenvalue weighted by molar-refractivity contribution is 0.0729. The van der Waals surface area contributed by atoms with Crippen LogP contribution in [0.15, 0.2) is 22.7 Å². The van der Waals surface area contributed by atoms with E-state index < -0.39 is 11.7 Å². The third-order valence-electron chi connectivity index (χ3n) is 4.44. The highest BCUT2D eigenvalue weighted by atomic mass is 35.5. The lowest BCUT2D eigenvalue weighted by Gasteiger charge is -2.28. The van der Waals surface area contributed by atoms with Crippen LogP contribution >= 0.6 is 11.6 Å². The summed E-state index contributed by atoms with van der Waals surface area (Å²) < 4.78 is 21.1. The molecule has 4 rings (SSSR count). The maximum absolute atomic E-state index is 14.1. The molecule has 3 aromatic rings. The van der Waals surface area contributed by atoms with Gasteiger partial charge in [0.1, 0.15) is 5.82 Å². The van der Waals surface area contributed by atoms with E-state index in [1.807, 2.05) is 7.05 Å². The molecule has 3 heterocycles. The van der Waals surface area contributed by atoms with Crippen molar-refractivity contribution in [2.45, 2.75) is 19.9 Å². The van der Waals surface area contributed by atoms with Gasteiger partial charge in [-0.05, 0) is 19.1 Å². The highest BCUT2D eigenvalue weighted by Crippen LogP contribution is 2.30. The van der Waals surface area contributed by atoms with Crippen molar-refractivity contribution in [1.82, 2.24) is 24.8 Å². The fourth-order valence-electron chi connectivity index (χ4n) is 3.19. The molecule has 134 valence electrons. The number of amides is 1. The molecule has 1 aliphatic heterocycles. The molecule has 0 N–H and O–H groups in total. The van der Waals surface area contributed by atoms with Gasteiger partial charge >= 0.3 is 0 Å². The quantitative estimate of drug-likeness (QED) is 0.688. The minimum absolute atomic E-state index is 0.0970. The SMILES string of the molecule is Cc1noc(-c2nn(C)c3c2CN(C(=O)c2c(F)cccc2Cl)CC3)n1. The van der Waals surface area contributed by atoms with E-state index in [2.05, 4.69) is 15.2 Å². The van der Waals surface area contributed by atoms with Gasteiger partial charge in [0.25, 0.3) is 11.8 Å². The minimum atomic E-state index is -0.632. The maximum atomic E-state index is 14.1. The van der Waals surface area contributed by atoms with Crippen LogP contribution in [0.25, 0.3) is 11.6 Å². The van der Waals surface area contributed by atoms with Crippen LogP contribution in [-0.4, -0.2) is 37.3 Å². The van der Waals surface area contributed by atoms with E-state index in [-0.39, 0.29) is 17.1 Å². The van der Waals surface area contributed by atoms with Gasteiger partial charge in [-0.2, -0.15) is 10.1 Å². The zero-order valence-corrected chi connectivity index (χ0v) is 14.9. The standard InChI is InChI=1S/C17H15ClFN5O2/c1-9-20-16(26-22-9)15-10-8-24(7-6-13(10)23(2)21-15)17(25)14-11(18)4-3-5-12(14)19/h3-5H,6-8H2,1-2H3. The second-order valence-corrected chi connectivity index (χ2v) is 6.52. The predicted molar refractivity (Wildman–Crippen MR) is 91.1 cm³/mol. The number of aromatic nitrogens is 4. The number of hydrogen-bond donors (Lipinski definition) is 0. The van der Waals surface area contributed by atoms with Gasteiger partial charge in [0.15, 0.2) is 11.5 Å². The molecule has 0 aliphatic carbocycles. The smallest absolute Gasteiger partial charge is 0.278 e. The van der Waals surface area contributed by atoms with E-state index in [1.54, 1.807) is 16.5 Å². The van der Waals surface area contributed by atoms with Gasteiger partial charge in [-0.3, -0.25) is 9.48 Å². The summed E-state index contributed by atoms with van der Waals surface area (Å²) in [5.41, 5.74) is 2.24. The first kappa shape index (κ1) is 16.7. The zero-order valence-electron chi connectivity index (χ0n) is 14.2. The molecule has 7 nitrogen and oxygen atoms in total. The van der Waals surface area contributed by atoms with Crippen molar-refractivity contribution in [2.75, 3.05) is 6.54 Å². The third kappa shape index (κ3) is 2.66. The van der Waals surface area contributed by atoms with E-state index >= 15 is 0 Å². The molecular weight excluding hydrogens is 361 g/mol. The van der Waals surface area contributed by atoms with Gasteiger partial charge in [-0.15, -0.1) is 0 Å². The van der Waals surface area contributed by atoms with E-state index in [4.69, 9.17) is 16.1 Å². The van der Waals surface area contributed by atoms with Crippen molar-refractivity contribution >= 4 is 17.5 Å². The number of carbonyl (C=O) groups excluding carboxylic acids is 1. The molecule has 0 bridgehead atoms. The molecule has 0 unspecified atom stereocenters. The van der Waals surface area contributed by atoms with Crippen LogP contribution in [-0.2, 0) is 20.0 Å². The normalized spacial score (nSPS) is 13.8. The van der Waals surface area contributed by atoms with Gasteiger partial charge in [-0.25, -0.2) is 4.39 Å². The lowest BCUT2D eigenvalue weighted by Crippen LogP contribution is -2.37. The highest BCUT2D eigenvalue weighted by molar-refractivity contribution is 6.33. The number of nitrogens with zero attached hydrogens (tertiary/aromatic N) is 5. The average Bonchev–Trinajstić information content (AvgIpc) is 3.18. The largest absolute Gasteiger partial charge is 0.334 e. The monoisotopic (exact) mass is 375 g/mol. The summed E-state index contributed by atoms with van der Waals surface area (Å²) >= 11 is 6.04. The van der Waals surface area contributed by atoms with Gasteiger partial charge in [0, 0.05) is 31.3 Å². The average molecular weight is 376 g/mol.